The zero-order valence-electron chi connectivity index (χ0n) is 27.3. The van der Waals surface area contributed by atoms with E-state index < -0.39 is 35.0 Å². The Morgan fingerprint density at radius 3 is 2.71 bits per heavy atom. The number of hydrogen-bond acceptors (Lipinski definition) is 11. The summed E-state index contributed by atoms with van der Waals surface area (Å²) in [5.74, 6) is -0.938. The number of benzene rings is 1. The Morgan fingerprint density at radius 1 is 1.18 bits per heavy atom. The molecule has 3 saturated heterocycles. The minimum absolute atomic E-state index is 0.0122. The van der Waals surface area contributed by atoms with E-state index in [0.29, 0.717) is 35.3 Å². The van der Waals surface area contributed by atoms with E-state index in [1.807, 2.05) is 4.90 Å². The highest BCUT2D eigenvalue weighted by atomic mass is 32.1. The van der Waals surface area contributed by atoms with Gasteiger partial charge in [0.2, 0.25) is 0 Å². The number of aromatic nitrogens is 3. The average Bonchev–Trinajstić information content (AvgIpc) is 3.78. The Bertz CT molecular complexity index is 2080. The number of hydrogen-bond donors (Lipinski definition) is 1. The number of fused-ring (bicyclic) bond motifs is 5. The van der Waals surface area contributed by atoms with Gasteiger partial charge in [-0.1, -0.05) is 0 Å². The van der Waals surface area contributed by atoms with Crippen molar-refractivity contribution in [1.29, 1.82) is 5.26 Å². The number of alkyl halides is 1. The number of nitriles is 1. The predicted octanol–water partition coefficient (Wildman–Crippen LogP) is 6.60. The van der Waals surface area contributed by atoms with Gasteiger partial charge in [0, 0.05) is 37.0 Å². The molecule has 8 rings (SSSR count). The largest absolute Gasteiger partial charge is 0.461 e. The highest BCUT2D eigenvalue weighted by Crippen LogP contribution is 2.48. The summed E-state index contributed by atoms with van der Waals surface area (Å²) in [6, 6.07) is 2.04. The van der Waals surface area contributed by atoms with E-state index in [2.05, 4.69) is 26.3 Å². The minimum atomic E-state index is -0.934. The lowest BCUT2D eigenvalue weighted by Crippen LogP contribution is -2.43. The van der Waals surface area contributed by atoms with E-state index in [-0.39, 0.29) is 63.3 Å². The van der Waals surface area contributed by atoms with Crippen molar-refractivity contribution < 1.29 is 32.2 Å². The van der Waals surface area contributed by atoms with Crippen molar-refractivity contribution in [3.05, 3.63) is 34.5 Å². The Kier molecular flexibility index (Phi) is 7.62. The molecule has 4 aromatic rings. The second-order valence-corrected chi connectivity index (χ2v) is 15.1. The first-order valence-electron chi connectivity index (χ1n) is 16.4. The number of nitrogens with one attached hydrogen (secondary N) is 1. The molecule has 3 aromatic heterocycles. The topological polar surface area (TPSA) is 126 Å². The van der Waals surface area contributed by atoms with E-state index in [1.54, 1.807) is 20.8 Å². The normalized spacial score (nSPS) is 21.9. The van der Waals surface area contributed by atoms with Crippen LogP contribution in [0.15, 0.2) is 6.20 Å². The fourth-order valence-corrected chi connectivity index (χ4v) is 8.60. The van der Waals surface area contributed by atoms with Crippen LogP contribution in [0, 0.1) is 23.0 Å². The van der Waals surface area contributed by atoms with Gasteiger partial charge in [0.15, 0.2) is 11.6 Å². The number of thiophene rings is 1. The molecule has 1 unspecified atom stereocenters. The van der Waals surface area contributed by atoms with Crippen LogP contribution < -0.4 is 15.0 Å². The smallest absolute Gasteiger partial charge is 0.412 e. The van der Waals surface area contributed by atoms with Gasteiger partial charge in [-0.2, -0.15) is 15.2 Å². The van der Waals surface area contributed by atoms with E-state index in [4.69, 9.17) is 19.2 Å². The lowest BCUT2D eigenvalue weighted by Gasteiger charge is -2.34. The van der Waals surface area contributed by atoms with Gasteiger partial charge < -0.3 is 19.1 Å². The molecule has 4 aliphatic heterocycles. The van der Waals surface area contributed by atoms with Crippen molar-refractivity contribution in [2.75, 3.05) is 43.0 Å². The standard InChI is InChI=1S/C34H34F3N7O4S/c1-33(2,3)48-32(45)42-30-18(11-38)23-26(39-12-21(36)28(23)49-30)22-19-14-46-15-20(19)24-27(25(22)37)40-31(41-29(24)43-7-5-8-43)47-16-34-6-4-9-44(34)13-17(35)10-34/h12,17H,4-10,13-16H2,1-3H3,(H,42,45)/t17?,34-/m0/s1. The van der Waals surface area contributed by atoms with Gasteiger partial charge in [-0.25, -0.2) is 18.0 Å². The highest BCUT2D eigenvalue weighted by Gasteiger charge is 2.49. The third-order valence-corrected chi connectivity index (χ3v) is 10.9. The molecule has 0 aliphatic carbocycles. The van der Waals surface area contributed by atoms with Gasteiger partial charge in [0.1, 0.15) is 40.8 Å². The van der Waals surface area contributed by atoms with Crippen LogP contribution in [0.4, 0.5) is 28.8 Å². The zero-order valence-corrected chi connectivity index (χ0v) is 28.1. The fraction of sp³-hybridized carbons (Fsp3) is 0.500. The summed E-state index contributed by atoms with van der Waals surface area (Å²) in [5.41, 5.74) is -0.127. The van der Waals surface area contributed by atoms with Crippen molar-refractivity contribution in [2.45, 2.75) is 77.0 Å². The van der Waals surface area contributed by atoms with Crippen molar-refractivity contribution in [3.63, 3.8) is 0 Å². The van der Waals surface area contributed by atoms with Crippen LogP contribution in [0.1, 0.15) is 63.1 Å². The maximum absolute atomic E-state index is 17.2. The number of pyridine rings is 1. The van der Waals surface area contributed by atoms with Crippen molar-refractivity contribution in [1.82, 2.24) is 19.9 Å². The molecule has 0 bridgehead atoms. The number of ether oxygens (including phenoxy) is 3. The lowest BCUT2D eigenvalue weighted by molar-refractivity contribution is 0.0636. The SMILES string of the molecule is CC(C)(C)OC(=O)Nc1sc2c(F)cnc(-c3c4c(c5c(N6CCC6)nc(OC[C@@]67CCCN6CC(F)C7)nc5c3F)COC4)c2c1C#N. The maximum Gasteiger partial charge on any atom is 0.412 e. The fourth-order valence-electron chi connectivity index (χ4n) is 7.56. The second kappa shape index (κ2) is 11.7. The van der Waals surface area contributed by atoms with E-state index in [0.717, 1.165) is 56.4 Å². The molecular weight excluding hydrogens is 659 g/mol. The molecule has 4 aliphatic rings. The zero-order chi connectivity index (χ0) is 34.2. The first-order chi connectivity index (χ1) is 23.5. The van der Waals surface area contributed by atoms with Gasteiger partial charge in [0.05, 0.1) is 46.3 Å². The van der Waals surface area contributed by atoms with Crippen LogP contribution in [0.25, 0.3) is 32.2 Å². The Balaban J connectivity index is 1.29. The van der Waals surface area contributed by atoms with Crippen molar-refractivity contribution in [3.8, 4) is 23.3 Å². The van der Waals surface area contributed by atoms with E-state index >= 15 is 8.78 Å². The van der Waals surface area contributed by atoms with Crippen LogP contribution in [0.3, 0.4) is 0 Å². The first kappa shape index (κ1) is 32.0. The number of amides is 1. The van der Waals surface area contributed by atoms with Gasteiger partial charge in [0.25, 0.3) is 0 Å². The molecule has 0 radical (unpaired) electrons. The molecule has 15 heteroatoms. The Hall–Kier alpha value is -4.26. The summed E-state index contributed by atoms with van der Waals surface area (Å²) in [6.45, 7) is 8.08. The molecule has 0 saturated carbocycles. The summed E-state index contributed by atoms with van der Waals surface area (Å²) >= 11 is 0.840. The molecule has 1 aromatic carbocycles. The van der Waals surface area contributed by atoms with Crippen LogP contribution in [0.2, 0.25) is 0 Å². The van der Waals surface area contributed by atoms with Crippen LogP contribution in [-0.2, 0) is 22.7 Å². The molecule has 7 heterocycles. The van der Waals surface area contributed by atoms with Gasteiger partial charge in [-0.15, -0.1) is 11.3 Å². The molecule has 11 nitrogen and oxygen atoms in total. The summed E-state index contributed by atoms with van der Waals surface area (Å²) < 4.78 is 64.5. The Morgan fingerprint density at radius 2 is 1.98 bits per heavy atom. The predicted molar refractivity (Wildman–Crippen MR) is 177 cm³/mol. The minimum Gasteiger partial charge on any atom is -0.461 e. The Labute approximate surface area is 284 Å². The summed E-state index contributed by atoms with van der Waals surface area (Å²) in [5, 5.41) is 13.4. The average molecular weight is 694 g/mol. The van der Waals surface area contributed by atoms with E-state index in [9.17, 15) is 14.4 Å². The molecule has 2 atom stereocenters. The van der Waals surface area contributed by atoms with E-state index in [1.165, 1.54) is 0 Å². The highest BCUT2D eigenvalue weighted by molar-refractivity contribution is 7.23. The number of carbonyl (C=O) groups excluding carboxylic acids is 1. The van der Waals surface area contributed by atoms with Crippen LogP contribution in [-0.4, -0.2) is 76.0 Å². The molecule has 3 fully saturated rings. The quantitative estimate of drug-likeness (QED) is 0.236. The second-order valence-electron chi connectivity index (χ2n) is 14.1. The van der Waals surface area contributed by atoms with Gasteiger partial charge in [-0.3, -0.25) is 15.2 Å². The number of carbonyl (C=O) groups is 1. The summed E-state index contributed by atoms with van der Waals surface area (Å²) in [7, 11) is 0. The number of anilines is 2. The molecular formula is C34H34F3N7O4S. The molecule has 1 amide bonds. The lowest BCUT2D eigenvalue weighted by atomic mass is 9.93. The molecule has 256 valence electrons. The molecule has 1 N–H and O–H groups in total. The van der Waals surface area contributed by atoms with Gasteiger partial charge >= 0.3 is 12.1 Å². The third-order valence-electron chi connectivity index (χ3n) is 9.78. The molecule has 0 spiro atoms. The molecule has 49 heavy (non-hydrogen) atoms. The maximum atomic E-state index is 17.2. The summed E-state index contributed by atoms with van der Waals surface area (Å²) in [4.78, 5) is 30.5. The van der Waals surface area contributed by atoms with Gasteiger partial charge in [-0.05, 0) is 57.7 Å². The number of rotatable bonds is 6. The monoisotopic (exact) mass is 693 g/mol. The van der Waals surface area contributed by atoms with Crippen molar-refractivity contribution >= 4 is 49.2 Å². The van der Waals surface area contributed by atoms with Crippen LogP contribution in [0.5, 0.6) is 6.01 Å². The number of nitrogens with zero attached hydrogens (tertiary/aromatic N) is 6. The summed E-state index contributed by atoms with van der Waals surface area (Å²) in [6.07, 6.45) is 2.27. The van der Waals surface area contributed by atoms with Crippen molar-refractivity contribution in [2.24, 2.45) is 0 Å². The number of halogens is 3. The first-order valence-corrected chi connectivity index (χ1v) is 17.2. The van der Waals surface area contributed by atoms with Crippen LogP contribution >= 0.6 is 11.3 Å². The third kappa shape index (κ3) is 5.32.